The minimum Gasteiger partial charge on any atom is -0.354 e. The molecule has 0 amide bonds. The van der Waals surface area contributed by atoms with Crippen LogP contribution in [0.3, 0.4) is 0 Å². The molecule has 1 atom stereocenters. The van der Waals surface area contributed by atoms with Gasteiger partial charge in [-0.2, -0.15) is 0 Å². The van der Waals surface area contributed by atoms with E-state index in [4.69, 9.17) is 0 Å². The summed E-state index contributed by atoms with van der Waals surface area (Å²) in [6.45, 7) is 5.43. The summed E-state index contributed by atoms with van der Waals surface area (Å²) >= 11 is 1.76. The van der Waals surface area contributed by atoms with E-state index < -0.39 is 0 Å². The maximum Gasteiger partial charge on any atom is 0.185 e. The van der Waals surface area contributed by atoms with E-state index in [0.29, 0.717) is 6.04 Å². The molecule has 0 spiro atoms. The first-order valence-corrected chi connectivity index (χ1v) is 6.84. The van der Waals surface area contributed by atoms with Crippen molar-refractivity contribution in [1.29, 1.82) is 0 Å². The smallest absolute Gasteiger partial charge is 0.185 e. The summed E-state index contributed by atoms with van der Waals surface area (Å²) in [4.78, 5) is 7.74. The molecular formula is C12H24ClN3S. The van der Waals surface area contributed by atoms with E-state index in [2.05, 4.69) is 29.0 Å². The van der Waals surface area contributed by atoms with Crippen molar-refractivity contribution in [2.24, 2.45) is 0 Å². The Labute approximate surface area is 115 Å². The van der Waals surface area contributed by atoms with Crippen LogP contribution in [0.25, 0.3) is 0 Å². The summed E-state index contributed by atoms with van der Waals surface area (Å²) in [6, 6.07) is 0.648. The minimum atomic E-state index is 0. The van der Waals surface area contributed by atoms with Crippen LogP contribution in [0, 0.1) is 0 Å². The molecule has 0 saturated carbocycles. The van der Waals surface area contributed by atoms with Crippen LogP contribution in [0.2, 0.25) is 0 Å². The van der Waals surface area contributed by atoms with E-state index in [1.165, 1.54) is 24.1 Å². The molecule has 1 heterocycles. The van der Waals surface area contributed by atoms with Crippen molar-refractivity contribution in [2.45, 2.75) is 45.7 Å². The average Bonchev–Trinajstić information content (AvgIpc) is 2.73. The van der Waals surface area contributed by atoms with Gasteiger partial charge in [-0.3, -0.25) is 0 Å². The standard InChI is InChI=1S/C12H23N3S.ClH/c1-5-7-10(6-2)13-8-11-9-14-12(16-11)15(3)4;/h9-10,13H,5-8H2,1-4H3;1H. The van der Waals surface area contributed by atoms with Gasteiger partial charge in [0.2, 0.25) is 0 Å². The number of halogens is 1. The number of nitrogens with zero attached hydrogens (tertiary/aromatic N) is 2. The van der Waals surface area contributed by atoms with E-state index in [1.54, 1.807) is 11.3 Å². The topological polar surface area (TPSA) is 28.2 Å². The maximum atomic E-state index is 4.37. The average molecular weight is 278 g/mol. The van der Waals surface area contributed by atoms with E-state index in [0.717, 1.165) is 11.7 Å². The van der Waals surface area contributed by atoms with Crippen LogP contribution in [-0.4, -0.2) is 25.1 Å². The first kappa shape index (κ1) is 16.7. The van der Waals surface area contributed by atoms with Crippen LogP contribution >= 0.6 is 23.7 Å². The number of nitrogens with one attached hydrogen (secondary N) is 1. The Morgan fingerprint density at radius 1 is 1.41 bits per heavy atom. The van der Waals surface area contributed by atoms with E-state index in [1.807, 2.05) is 20.3 Å². The summed E-state index contributed by atoms with van der Waals surface area (Å²) in [7, 11) is 4.06. The summed E-state index contributed by atoms with van der Waals surface area (Å²) in [5.74, 6) is 0. The highest BCUT2D eigenvalue weighted by atomic mass is 35.5. The van der Waals surface area contributed by atoms with Crippen LogP contribution in [0.15, 0.2) is 6.20 Å². The number of aromatic nitrogens is 1. The van der Waals surface area contributed by atoms with Crippen LogP contribution in [-0.2, 0) is 6.54 Å². The molecule has 0 bridgehead atoms. The Kier molecular flexibility index (Phi) is 8.56. The summed E-state index contributed by atoms with van der Waals surface area (Å²) in [5.41, 5.74) is 0. The zero-order valence-corrected chi connectivity index (χ0v) is 12.8. The van der Waals surface area contributed by atoms with E-state index in [9.17, 15) is 0 Å². The molecule has 1 N–H and O–H groups in total. The molecule has 1 aromatic heterocycles. The van der Waals surface area contributed by atoms with Gasteiger partial charge in [0.25, 0.3) is 0 Å². The first-order chi connectivity index (χ1) is 7.67. The third-order valence-corrected chi connectivity index (χ3v) is 3.78. The lowest BCUT2D eigenvalue weighted by atomic mass is 10.1. The molecule has 3 nitrogen and oxygen atoms in total. The maximum absolute atomic E-state index is 4.37. The lowest BCUT2D eigenvalue weighted by Gasteiger charge is -2.14. The van der Waals surface area contributed by atoms with Gasteiger partial charge in [0, 0.05) is 37.8 Å². The highest BCUT2D eigenvalue weighted by Crippen LogP contribution is 2.20. The summed E-state index contributed by atoms with van der Waals surface area (Å²) < 4.78 is 0. The van der Waals surface area contributed by atoms with Gasteiger partial charge in [-0.05, 0) is 12.8 Å². The summed E-state index contributed by atoms with van der Waals surface area (Å²) in [6.07, 6.45) is 5.69. The van der Waals surface area contributed by atoms with E-state index in [-0.39, 0.29) is 12.4 Å². The van der Waals surface area contributed by atoms with Crippen molar-refractivity contribution >= 4 is 28.9 Å². The molecular weight excluding hydrogens is 254 g/mol. The molecule has 1 rings (SSSR count). The molecule has 5 heteroatoms. The Morgan fingerprint density at radius 2 is 2.12 bits per heavy atom. The van der Waals surface area contributed by atoms with Crippen molar-refractivity contribution in [3.63, 3.8) is 0 Å². The van der Waals surface area contributed by atoms with Crippen molar-refractivity contribution < 1.29 is 0 Å². The van der Waals surface area contributed by atoms with Crippen molar-refractivity contribution in [1.82, 2.24) is 10.3 Å². The monoisotopic (exact) mass is 277 g/mol. The normalized spacial score (nSPS) is 12.0. The van der Waals surface area contributed by atoms with Gasteiger partial charge < -0.3 is 10.2 Å². The highest BCUT2D eigenvalue weighted by molar-refractivity contribution is 7.15. The van der Waals surface area contributed by atoms with Crippen LogP contribution < -0.4 is 10.2 Å². The largest absolute Gasteiger partial charge is 0.354 e. The molecule has 17 heavy (non-hydrogen) atoms. The highest BCUT2D eigenvalue weighted by Gasteiger charge is 2.07. The predicted molar refractivity (Wildman–Crippen MR) is 79.5 cm³/mol. The third-order valence-electron chi connectivity index (χ3n) is 2.62. The van der Waals surface area contributed by atoms with Gasteiger partial charge in [0.1, 0.15) is 0 Å². The number of anilines is 1. The van der Waals surface area contributed by atoms with Crippen LogP contribution in [0.1, 0.15) is 38.0 Å². The number of hydrogen-bond donors (Lipinski definition) is 1. The van der Waals surface area contributed by atoms with Gasteiger partial charge in [-0.25, -0.2) is 4.98 Å². The Morgan fingerprint density at radius 3 is 2.59 bits per heavy atom. The first-order valence-electron chi connectivity index (χ1n) is 6.02. The fourth-order valence-corrected chi connectivity index (χ4v) is 2.41. The zero-order valence-electron chi connectivity index (χ0n) is 11.2. The van der Waals surface area contributed by atoms with Crippen LogP contribution in [0.5, 0.6) is 0 Å². The second-order valence-electron chi connectivity index (χ2n) is 4.28. The number of hydrogen-bond acceptors (Lipinski definition) is 4. The molecule has 100 valence electrons. The van der Waals surface area contributed by atoms with E-state index >= 15 is 0 Å². The van der Waals surface area contributed by atoms with Gasteiger partial charge >= 0.3 is 0 Å². The van der Waals surface area contributed by atoms with Gasteiger partial charge in [0.15, 0.2) is 5.13 Å². The van der Waals surface area contributed by atoms with Crippen molar-refractivity contribution in [3.05, 3.63) is 11.1 Å². The number of rotatable bonds is 7. The van der Waals surface area contributed by atoms with Crippen molar-refractivity contribution in [3.8, 4) is 0 Å². The van der Waals surface area contributed by atoms with Crippen molar-refractivity contribution in [2.75, 3.05) is 19.0 Å². The molecule has 0 saturated heterocycles. The molecule has 0 fully saturated rings. The van der Waals surface area contributed by atoms with Gasteiger partial charge in [0.05, 0.1) is 0 Å². The Bertz CT molecular complexity index is 302. The molecule has 0 radical (unpaired) electrons. The second-order valence-corrected chi connectivity index (χ2v) is 5.37. The summed E-state index contributed by atoms with van der Waals surface area (Å²) in [5, 5.41) is 4.67. The van der Waals surface area contributed by atoms with Crippen LogP contribution in [0.4, 0.5) is 5.13 Å². The lowest BCUT2D eigenvalue weighted by molar-refractivity contribution is 0.464. The quantitative estimate of drug-likeness (QED) is 0.829. The Balaban J connectivity index is 0.00000256. The molecule has 1 aromatic rings. The molecule has 0 aromatic carbocycles. The molecule has 0 aliphatic carbocycles. The molecule has 1 unspecified atom stereocenters. The van der Waals surface area contributed by atoms with Gasteiger partial charge in [-0.15, -0.1) is 23.7 Å². The predicted octanol–water partition coefficient (Wildman–Crippen LogP) is 3.30. The fraction of sp³-hybridized carbons (Fsp3) is 0.750. The minimum absolute atomic E-state index is 0. The number of thiazole rings is 1. The van der Waals surface area contributed by atoms with Gasteiger partial charge in [-0.1, -0.05) is 20.3 Å². The second kappa shape index (κ2) is 8.72. The Hall–Kier alpha value is -0.320. The molecule has 0 aliphatic heterocycles. The fourth-order valence-electron chi connectivity index (χ4n) is 1.63. The lowest BCUT2D eigenvalue weighted by Crippen LogP contribution is -2.27. The SMILES string of the molecule is CCCC(CC)NCc1cnc(N(C)C)s1.Cl. The zero-order chi connectivity index (χ0) is 12.0. The third kappa shape index (κ3) is 5.70. The molecule has 0 aliphatic rings.